The zero-order valence-electron chi connectivity index (χ0n) is 13.3. The summed E-state index contributed by atoms with van der Waals surface area (Å²) in [5.41, 5.74) is 0.800. The Morgan fingerprint density at radius 1 is 1.25 bits per heavy atom. The predicted molar refractivity (Wildman–Crippen MR) is 88.9 cm³/mol. The number of thioether (sulfide) groups is 1. The molecule has 1 aromatic carbocycles. The topological polar surface area (TPSA) is 102 Å². The molecule has 0 radical (unpaired) electrons. The lowest BCUT2D eigenvalue weighted by atomic mass is 10.1. The van der Waals surface area contributed by atoms with Gasteiger partial charge >= 0.3 is 5.97 Å². The summed E-state index contributed by atoms with van der Waals surface area (Å²) >= 11 is 0.821. The lowest BCUT2D eigenvalue weighted by molar-refractivity contribution is -0.144. The number of esters is 1. The molecule has 0 aliphatic carbocycles. The highest BCUT2D eigenvalue weighted by atomic mass is 32.2. The molecule has 0 saturated heterocycles. The van der Waals surface area contributed by atoms with Gasteiger partial charge in [-0.3, -0.25) is 19.4 Å². The van der Waals surface area contributed by atoms with Crippen LogP contribution in [0.15, 0.2) is 40.3 Å². The molecule has 0 spiro atoms. The number of nitrogens with one attached hydrogen (secondary N) is 1. The number of carbonyl (C=O) groups excluding carboxylic acids is 2. The molecule has 1 atom stereocenters. The molecule has 0 fully saturated rings. The quantitative estimate of drug-likeness (QED) is 0.458. The van der Waals surface area contributed by atoms with Gasteiger partial charge in [0.05, 0.1) is 6.61 Å². The zero-order chi connectivity index (χ0) is 17.5. The number of aromatic amines is 1. The highest BCUT2D eigenvalue weighted by Gasteiger charge is 2.27. The first-order valence-electron chi connectivity index (χ1n) is 7.34. The Morgan fingerprint density at radius 3 is 2.54 bits per heavy atom. The Kier molecular flexibility index (Phi) is 6.25. The standard InChI is InChI=1S/C16H17N3O4S/c1-3-23-15(22)13(10(2)20)24-16-17-14(21)12(18-19-16)9-11-7-5-4-6-8-11/h4-8,13H,3,9H2,1-2H3,(H,17,19,21). The molecular weight excluding hydrogens is 330 g/mol. The number of H-pyrrole nitrogens is 1. The van der Waals surface area contributed by atoms with Crippen LogP contribution in [-0.4, -0.2) is 38.8 Å². The second-order valence-electron chi connectivity index (χ2n) is 4.93. The number of hydrogen-bond acceptors (Lipinski definition) is 7. The van der Waals surface area contributed by atoms with Crippen molar-refractivity contribution in [3.05, 3.63) is 51.9 Å². The van der Waals surface area contributed by atoms with Crippen LogP contribution < -0.4 is 5.56 Å². The normalized spacial score (nSPS) is 11.8. The largest absolute Gasteiger partial charge is 0.465 e. The molecular formula is C16H17N3O4S. The minimum atomic E-state index is -1.07. The second kappa shape index (κ2) is 8.39. The van der Waals surface area contributed by atoms with E-state index in [9.17, 15) is 14.4 Å². The minimum absolute atomic E-state index is 0.102. The molecule has 2 aromatic rings. The third-order valence-electron chi connectivity index (χ3n) is 3.06. The van der Waals surface area contributed by atoms with Crippen LogP contribution in [0.1, 0.15) is 25.1 Å². The van der Waals surface area contributed by atoms with Crippen LogP contribution in [0.3, 0.4) is 0 Å². The van der Waals surface area contributed by atoms with Gasteiger partial charge in [0.25, 0.3) is 5.56 Å². The number of rotatable bonds is 7. The molecule has 0 amide bonds. The Labute approximate surface area is 142 Å². The number of ether oxygens (including phenoxy) is 1. The maximum atomic E-state index is 12.1. The predicted octanol–water partition coefficient (Wildman–Crippen LogP) is 1.37. The van der Waals surface area contributed by atoms with E-state index in [-0.39, 0.29) is 23.2 Å². The smallest absolute Gasteiger partial charge is 0.327 e. The van der Waals surface area contributed by atoms with Gasteiger partial charge in [-0.05, 0) is 19.4 Å². The van der Waals surface area contributed by atoms with Crippen molar-refractivity contribution in [1.82, 2.24) is 15.2 Å². The van der Waals surface area contributed by atoms with E-state index in [1.807, 2.05) is 30.3 Å². The molecule has 0 saturated carbocycles. The van der Waals surface area contributed by atoms with Gasteiger partial charge in [-0.1, -0.05) is 42.1 Å². The summed E-state index contributed by atoms with van der Waals surface area (Å²) in [6, 6.07) is 9.40. The third-order valence-corrected chi connectivity index (χ3v) is 4.22. The SMILES string of the molecule is CCOC(=O)C(Sc1nnc(Cc2ccccc2)c(=O)[nH]1)C(C)=O. The van der Waals surface area contributed by atoms with Crippen molar-refractivity contribution < 1.29 is 14.3 Å². The fourth-order valence-corrected chi connectivity index (χ4v) is 2.72. The van der Waals surface area contributed by atoms with Crippen LogP contribution in [0.5, 0.6) is 0 Å². The number of carbonyl (C=O) groups is 2. The van der Waals surface area contributed by atoms with E-state index < -0.39 is 16.8 Å². The highest BCUT2D eigenvalue weighted by Crippen LogP contribution is 2.20. The lowest BCUT2D eigenvalue weighted by Gasteiger charge is -2.11. The fraction of sp³-hybridized carbons (Fsp3) is 0.312. The monoisotopic (exact) mass is 347 g/mol. The molecule has 0 aliphatic heterocycles. The van der Waals surface area contributed by atoms with Crippen molar-refractivity contribution in [2.24, 2.45) is 0 Å². The first-order valence-corrected chi connectivity index (χ1v) is 8.22. The Hall–Kier alpha value is -2.48. The molecule has 1 N–H and O–H groups in total. The summed E-state index contributed by atoms with van der Waals surface area (Å²) in [6.07, 6.45) is 0.349. The van der Waals surface area contributed by atoms with Gasteiger partial charge < -0.3 is 4.74 Å². The Morgan fingerprint density at radius 2 is 1.96 bits per heavy atom. The van der Waals surface area contributed by atoms with Gasteiger partial charge in [-0.2, -0.15) is 0 Å². The van der Waals surface area contributed by atoms with E-state index in [0.29, 0.717) is 6.42 Å². The summed E-state index contributed by atoms with van der Waals surface area (Å²) in [5.74, 6) is -1.04. The maximum Gasteiger partial charge on any atom is 0.327 e. The number of aromatic nitrogens is 3. The van der Waals surface area contributed by atoms with Crippen molar-refractivity contribution in [3.63, 3.8) is 0 Å². The summed E-state index contributed by atoms with van der Waals surface area (Å²) in [4.78, 5) is 38.0. The molecule has 126 valence electrons. The van der Waals surface area contributed by atoms with E-state index >= 15 is 0 Å². The van der Waals surface area contributed by atoms with Gasteiger partial charge in [0.2, 0.25) is 0 Å². The Bertz CT molecular complexity index is 776. The fourth-order valence-electron chi connectivity index (χ4n) is 1.93. The van der Waals surface area contributed by atoms with Gasteiger partial charge in [0.1, 0.15) is 5.69 Å². The van der Waals surface area contributed by atoms with Crippen LogP contribution >= 0.6 is 11.8 Å². The van der Waals surface area contributed by atoms with Crippen LogP contribution in [0.25, 0.3) is 0 Å². The van der Waals surface area contributed by atoms with Crippen LogP contribution in [0.2, 0.25) is 0 Å². The van der Waals surface area contributed by atoms with Crippen LogP contribution in [0.4, 0.5) is 0 Å². The average molecular weight is 347 g/mol. The second-order valence-corrected chi connectivity index (χ2v) is 6.02. The summed E-state index contributed by atoms with van der Waals surface area (Å²) < 4.78 is 4.85. The average Bonchev–Trinajstić information content (AvgIpc) is 2.56. The van der Waals surface area contributed by atoms with Crippen LogP contribution in [-0.2, 0) is 20.7 Å². The van der Waals surface area contributed by atoms with Crippen molar-refractivity contribution in [1.29, 1.82) is 0 Å². The van der Waals surface area contributed by atoms with E-state index in [0.717, 1.165) is 17.3 Å². The van der Waals surface area contributed by atoms with E-state index in [2.05, 4.69) is 15.2 Å². The summed E-state index contributed by atoms with van der Waals surface area (Å²) in [6.45, 7) is 3.10. The number of Topliss-reactive ketones (excluding diaryl/α,β-unsaturated/α-hetero) is 1. The van der Waals surface area contributed by atoms with Gasteiger partial charge in [-0.15, -0.1) is 10.2 Å². The highest BCUT2D eigenvalue weighted by molar-refractivity contribution is 8.01. The molecule has 1 heterocycles. The molecule has 7 nitrogen and oxygen atoms in total. The van der Waals surface area contributed by atoms with Gasteiger partial charge in [0, 0.05) is 6.42 Å². The summed E-state index contributed by atoms with van der Waals surface area (Å²) in [7, 11) is 0. The zero-order valence-corrected chi connectivity index (χ0v) is 14.1. The first kappa shape index (κ1) is 17.9. The number of ketones is 1. The van der Waals surface area contributed by atoms with E-state index in [1.165, 1.54) is 6.92 Å². The maximum absolute atomic E-state index is 12.1. The van der Waals surface area contributed by atoms with E-state index in [4.69, 9.17) is 4.74 Å². The Balaban J connectivity index is 2.15. The third kappa shape index (κ3) is 4.76. The molecule has 8 heteroatoms. The van der Waals surface area contributed by atoms with Gasteiger partial charge in [-0.25, -0.2) is 0 Å². The van der Waals surface area contributed by atoms with Crippen molar-refractivity contribution in [2.45, 2.75) is 30.7 Å². The number of hydrogen-bond donors (Lipinski definition) is 1. The number of benzene rings is 1. The number of nitrogens with zero attached hydrogens (tertiary/aromatic N) is 2. The summed E-state index contributed by atoms with van der Waals surface area (Å²) in [5, 5.41) is 6.84. The lowest BCUT2D eigenvalue weighted by Crippen LogP contribution is -2.28. The minimum Gasteiger partial charge on any atom is -0.465 e. The molecule has 1 unspecified atom stereocenters. The van der Waals surface area contributed by atoms with Crippen molar-refractivity contribution >= 4 is 23.5 Å². The first-order chi connectivity index (χ1) is 11.5. The molecule has 2 rings (SSSR count). The molecule has 0 aliphatic rings. The van der Waals surface area contributed by atoms with Crippen LogP contribution in [0, 0.1) is 0 Å². The molecule has 0 bridgehead atoms. The molecule has 1 aromatic heterocycles. The van der Waals surface area contributed by atoms with Crippen molar-refractivity contribution in [3.8, 4) is 0 Å². The molecule has 24 heavy (non-hydrogen) atoms. The van der Waals surface area contributed by atoms with Gasteiger partial charge in [0.15, 0.2) is 16.2 Å². The van der Waals surface area contributed by atoms with E-state index in [1.54, 1.807) is 6.92 Å². The van der Waals surface area contributed by atoms with Crippen molar-refractivity contribution in [2.75, 3.05) is 6.61 Å².